The molecule has 0 radical (unpaired) electrons. The molecule has 0 aromatic heterocycles. The van der Waals surface area contributed by atoms with Crippen molar-refractivity contribution in [2.45, 2.75) is 13.0 Å². The Morgan fingerprint density at radius 3 is 1.96 bits per heavy atom. The van der Waals surface area contributed by atoms with Crippen molar-refractivity contribution in [3.05, 3.63) is 103 Å². The summed E-state index contributed by atoms with van der Waals surface area (Å²) < 4.78 is 0. The van der Waals surface area contributed by atoms with Gasteiger partial charge in [0.25, 0.3) is 0 Å². The highest BCUT2D eigenvalue weighted by atomic mass is 16.1. The molecule has 25 heavy (non-hydrogen) atoms. The first kappa shape index (κ1) is 16.7. The summed E-state index contributed by atoms with van der Waals surface area (Å²) in [5.41, 5.74) is 5.25. The molecule has 0 fully saturated rings. The fourth-order valence-corrected chi connectivity index (χ4v) is 2.68. The molecule has 3 rings (SSSR count). The SMILES string of the molecule is C=C(CC(=O)NCc1ccccc1)c1ccc(-c2ccccc2)cc1. The molecule has 2 nitrogen and oxygen atoms in total. The first-order valence-electron chi connectivity index (χ1n) is 8.36. The summed E-state index contributed by atoms with van der Waals surface area (Å²) >= 11 is 0. The van der Waals surface area contributed by atoms with Crippen LogP contribution in [0.25, 0.3) is 16.7 Å². The molecule has 0 saturated heterocycles. The van der Waals surface area contributed by atoms with Gasteiger partial charge in [0.15, 0.2) is 0 Å². The fraction of sp³-hybridized carbons (Fsp3) is 0.0870. The summed E-state index contributed by atoms with van der Waals surface area (Å²) in [6, 6.07) is 28.3. The molecular weight excluding hydrogens is 306 g/mol. The van der Waals surface area contributed by atoms with E-state index >= 15 is 0 Å². The van der Waals surface area contributed by atoms with E-state index in [4.69, 9.17) is 0 Å². The standard InChI is InChI=1S/C23H21NO/c1-18(16-23(25)24-17-19-8-4-2-5-9-19)20-12-14-22(15-13-20)21-10-6-3-7-11-21/h2-15H,1,16-17H2,(H,24,25). The lowest BCUT2D eigenvalue weighted by molar-refractivity contribution is -0.120. The maximum atomic E-state index is 12.1. The predicted molar refractivity (Wildman–Crippen MR) is 104 cm³/mol. The second kappa shape index (κ2) is 8.11. The Morgan fingerprint density at radius 1 is 0.760 bits per heavy atom. The van der Waals surface area contributed by atoms with Crippen molar-refractivity contribution in [2.75, 3.05) is 0 Å². The van der Waals surface area contributed by atoms with Crippen LogP contribution in [-0.2, 0) is 11.3 Å². The topological polar surface area (TPSA) is 29.1 Å². The quantitative estimate of drug-likeness (QED) is 0.672. The largest absolute Gasteiger partial charge is 0.352 e. The van der Waals surface area contributed by atoms with Gasteiger partial charge in [-0.25, -0.2) is 0 Å². The molecule has 0 heterocycles. The maximum absolute atomic E-state index is 12.1. The van der Waals surface area contributed by atoms with E-state index in [2.05, 4.69) is 36.2 Å². The molecule has 1 amide bonds. The third-order valence-corrected chi connectivity index (χ3v) is 4.11. The molecular formula is C23H21NO. The van der Waals surface area contributed by atoms with Gasteiger partial charge in [-0.05, 0) is 27.8 Å². The van der Waals surface area contributed by atoms with E-state index in [0.29, 0.717) is 13.0 Å². The van der Waals surface area contributed by atoms with Crippen LogP contribution in [0.4, 0.5) is 0 Å². The summed E-state index contributed by atoms with van der Waals surface area (Å²) in [6.45, 7) is 4.60. The van der Waals surface area contributed by atoms with Crippen molar-refractivity contribution in [1.82, 2.24) is 5.32 Å². The summed E-state index contributed by atoms with van der Waals surface area (Å²) in [4.78, 5) is 12.1. The number of benzene rings is 3. The van der Waals surface area contributed by atoms with Crippen molar-refractivity contribution in [3.63, 3.8) is 0 Å². The van der Waals surface area contributed by atoms with Crippen molar-refractivity contribution in [3.8, 4) is 11.1 Å². The number of rotatable bonds is 6. The molecule has 0 aliphatic heterocycles. The highest BCUT2D eigenvalue weighted by Gasteiger charge is 2.07. The molecule has 0 aliphatic carbocycles. The molecule has 0 aliphatic rings. The van der Waals surface area contributed by atoms with Crippen LogP contribution in [0.2, 0.25) is 0 Å². The zero-order valence-corrected chi connectivity index (χ0v) is 14.1. The minimum Gasteiger partial charge on any atom is -0.352 e. The highest BCUT2D eigenvalue weighted by molar-refractivity contribution is 5.88. The molecule has 0 bridgehead atoms. The van der Waals surface area contributed by atoms with E-state index in [-0.39, 0.29) is 5.91 Å². The number of hydrogen-bond donors (Lipinski definition) is 1. The Morgan fingerprint density at radius 2 is 1.32 bits per heavy atom. The van der Waals surface area contributed by atoms with Crippen LogP contribution < -0.4 is 5.32 Å². The average Bonchev–Trinajstić information content (AvgIpc) is 2.68. The molecule has 3 aromatic carbocycles. The van der Waals surface area contributed by atoms with Crippen LogP contribution in [0.5, 0.6) is 0 Å². The van der Waals surface area contributed by atoms with E-state index in [1.54, 1.807) is 0 Å². The van der Waals surface area contributed by atoms with Crippen molar-refractivity contribution in [1.29, 1.82) is 0 Å². The lowest BCUT2D eigenvalue weighted by Crippen LogP contribution is -2.22. The smallest absolute Gasteiger partial charge is 0.224 e. The predicted octanol–water partition coefficient (Wildman–Crippen LogP) is 5.07. The second-order valence-corrected chi connectivity index (χ2v) is 5.99. The van der Waals surface area contributed by atoms with Gasteiger partial charge in [0.1, 0.15) is 0 Å². The maximum Gasteiger partial charge on any atom is 0.224 e. The van der Waals surface area contributed by atoms with Gasteiger partial charge in [-0.15, -0.1) is 0 Å². The van der Waals surface area contributed by atoms with Crippen molar-refractivity contribution >= 4 is 11.5 Å². The van der Waals surface area contributed by atoms with Crippen molar-refractivity contribution in [2.24, 2.45) is 0 Å². The van der Waals surface area contributed by atoms with Gasteiger partial charge in [0, 0.05) is 6.54 Å². The van der Waals surface area contributed by atoms with Gasteiger partial charge in [0.2, 0.25) is 5.91 Å². The minimum absolute atomic E-state index is 0.0130. The number of carbonyl (C=O) groups excluding carboxylic acids is 1. The molecule has 0 atom stereocenters. The minimum atomic E-state index is -0.0130. The first-order chi connectivity index (χ1) is 12.2. The zero-order chi connectivity index (χ0) is 17.5. The lowest BCUT2D eigenvalue weighted by Gasteiger charge is -2.09. The van der Waals surface area contributed by atoms with E-state index in [0.717, 1.165) is 22.3 Å². The molecule has 2 heteroatoms. The van der Waals surface area contributed by atoms with E-state index in [1.165, 1.54) is 5.56 Å². The van der Waals surface area contributed by atoms with Crippen LogP contribution >= 0.6 is 0 Å². The molecule has 0 spiro atoms. The molecule has 124 valence electrons. The number of amides is 1. The van der Waals surface area contributed by atoms with Gasteiger partial charge in [0.05, 0.1) is 6.42 Å². The number of hydrogen-bond acceptors (Lipinski definition) is 1. The third kappa shape index (κ3) is 4.67. The summed E-state index contributed by atoms with van der Waals surface area (Å²) in [6.07, 6.45) is 0.303. The third-order valence-electron chi connectivity index (χ3n) is 4.11. The first-order valence-corrected chi connectivity index (χ1v) is 8.36. The van der Waals surface area contributed by atoms with E-state index < -0.39 is 0 Å². The Kier molecular flexibility index (Phi) is 5.43. The van der Waals surface area contributed by atoms with Gasteiger partial charge >= 0.3 is 0 Å². The summed E-state index contributed by atoms with van der Waals surface area (Å²) in [5, 5.41) is 2.94. The van der Waals surface area contributed by atoms with Crippen LogP contribution in [0.3, 0.4) is 0 Å². The van der Waals surface area contributed by atoms with Gasteiger partial charge in [-0.2, -0.15) is 0 Å². The van der Waals surface area contributed by atoms with Gasteiger partial charge < -0.3 is 5.32 Å². The van der Waals surface area contributed by atoms with Crippen molar-refractivity contribution < 1.29 is 4.79 Å². The zero-order valence-electron chi connectivity index (χ0n) is 14.1. The fourth-order valence-electron chi connectivity index (χ4n) is 2.68. The molecule has 0 saturated carbocycles. The normalized spacial score (nSPS) is 10.2. The van der Waals surface area contributed by atoms with Crippen LogP contribution in [-0.4, -0.2) is 5.91 Å². The number of carbonyl (C=O) groups is 1. The van der Waals surface area contributed by atoms with Crippen LogP contribution in [0, 0.1) is 0 Å². The number of nitrogens with one attached hydrogen (secondary N) is 1. The summed E-state index contributed by atoms with van der Waals surface area (Å²) in [7, 11) is 0. The Balaban J connectivity index is 1.56. The average molecular weight is 327 g/mol. The van der Waals surface area contributed by atoms with E-state index in [1.807, 2.05) is 60.7 Å². The Hall–Kier alpha value is -3.13. The molecule has 3 aromatic rings. The monoisotopic (exact) mass is 327 g/mol. The highest BCUT2D eigenvalue weighted by Crippen LogP contribution is 2.23. The van der Waals surface area contributed by atoms with Gasteiger partial charge in [-0.3, -0.25) is 4.79 Å². The Labute approximate surface area is 148 Å². The van der Waals surface area contributed by atoms with Gasteiger partial charge in [-0.1, -0.05) is 91.5 Å². The summed E-state index contributed by atoms with van der Waals surface area (Å²) in [5.74, 6) is -0.0130. The molecule has 1 N–H and O–H groups in total. The Bertz CT molecular complexity index is 836. The second-order valence-electron chi connectivity index (χ2n) is 5.99. The van der Waals surface area contributed by atoms with E-state index in [9.17, 15) is 4.79 Å². The van der Waals surface area contributed by atoms with Crippen LogP contribution in [0.1, 0.15) is 17.5 Å². The lowest BCUT2D eigenvalue weighted by atomic mass is 9.99. The molecule has 0 unspecified atom stereocenters. The van der Waals surface area contributed by atoms with Crippen LogP contribution in [0.15, 0.2) is 91.5 Å².